The molecule has 2 N–H and O–H groups in total. The summed E-state index contributed by atoms with van der Waals surface area (Å²) < 4.78 is 13.1. The van der Waals surface area contributed by atoms with Gasteiger partial charge in [-0.1, -0.05) is 0 Å². The fourth-order valence-electron chi connectivity index (χ4n) is 2.70. The van der Waals surface area contributed by atoms with Crippen LogP contribution in [0, 0.1) is 0 Å². The molecule has 0 unspecified atom stereocenters. The molecule has 5 nitrogen and oxygen atoms in total. The van der Waals surface area contributed by atoms with Crippen molar-refractivity contribution in [3.05, 3.63) is 17.0 Å². The van der Waals surface area contributed by atoms with Gasteiger partial charge < -0.3 is 15.5 Å². The van der Waals surface area contributed by atoms with Crippen molar-refractivity contribution in [1.82, 2.24) is 10.2 Å². The van der Waals surface area contributed by atoms with Crippen LogP contribution >= 0.6 is 11.3 Å². The van der Waals surface area contributed by atoms with E-state index in [2.05, 4.69) is 10.6 Å². The van der Waals surface area contributed by atoms with Crippen molar-refractivity contribution in [1.29, 1.82) is 0 Å². The zero-order chi connectivity index (χ0) is 14.8. The second-order valence-corrected chi connectivity index (χ2v) is 6.53. The van der Waals surface area contributed by atoms with Crippen molar-refractivity contribution in [2.75, 3.05) is 25.0 Å². The molecule has 3 heterocycles. The first kappa shape index (κ1) is 14.5. The second-order valence-electron chi connectivity index (χ2n) is 5.45. The van der Waals surface area contributed by atoms with Gasteiger partial charge in [0.2, 0.25) is 5.91 Å². The number of anilines is 1. The Morgan fingerprint density at radius 1 is 1.33 bits per heavy atom. The number of rotatable bonds is 3. The molecule has 0 bridgehead atoms. The third-order valence-corrected chi connectivity index (χ3v) is 4.84. The summed E-state index contributed by atoms with van der Waals surface area (Å²) in [5.74, 6) is -0.210. The molecule has 2 atom stereocenters. The highest BCUT2D eigenvalue weighted by Crippen LogP contribution is 2.25. The Labute approximate surface area is 126 Å². The zero-order valence-electron chi connectivity index (χ0n) is 11.6. The lowest BCUT2D eigenvalue weighted by atomic mass is 10.2. The highest BCUT2D eigenvalue weighted by Gasteiger charge is 2.29. The van der Waals surface area contributed by atoms with Crippen LogP contribution in [0.4, 0.5) is 9.39 Å². The number of alkyl halides is 1. The van der Waals surface area contributed by atoms with Crippen molar-refractivity contribution < 1.29 is 14.0 Å². The van der Waals surface area contributed by atoms with Gasteiger partial charge in [0.15, 0.2) is 0 Å². The molecule has 21 heavy (non-hydrogen) atoms. The summed E-state index contributed by atoms with van der Waals surface area (Å²) in [6.07, 6.45) is 1.35. The van der Waals surface area contributed by atoms with Gasteiger partial charge >= 0.3 is 0 Å². The first-order valence-corrected chi connectivity index (χ1v) is 8.02. The third-order valence-electron chi connectivity index (χ3n) is 3.85. The first-order chi connectivity index (χ1) is 10.1. The van der Waals surface area contributed by atoms with E-state index in [4.69, 9.17) is 0 Å². The summed E-state index contributed by atoms with van der Waals surface area (Å²) in [7, 11) is 0. The molecule has 0 aromatic carbocycles. The van der Waals surface area contributed by atoms with E-state index in [0.29, 0.717) is 9.88 Å². The van der Waals surface area contributed by atoms with Crippen LogP contribution in [0.25, 0.3) is 0 Å². The largest absolute Gasteiger partial charge is 0.338 e. The van der Waals surface area contributed by atoms with Crippen LogP contribution in [0.5, 0.6) is 0 Å². The maximum Gasteiger partial charge on any atom is 0.263 e. The lowest BCUT2D eigenvalue weighted by Gasteiger charge is -2.13. The molecule has 2 aliphatic rings. The smallest absolute Gasteiger partial charge is 0.263 e. The number of nitrogens with one attached hydrogen (secondary N) is 2. The van der Waals surface area contributed by atoms with Crippen LogP contribution < -0.4 is 10.6 Å². The van der Waals surface area contributed by atoms with Gasteiger partial charge in [-0.05, 0) is 25.0 Å². The Balaban J connectivity index is 1.59. The Bertz CT molecular complexity index is 542. The molecular formula is C14H18FN3O2S. The summed E-state index contributed by atoms with van der Waals surface area (Å²) in [6.45, 7) is 1.84. The quantitative estimate of drug-likeness (QED) is 0.892. The maximum atomic E-state index is 13.1. The average molecular weight is 311 g/mol. The van der Waals surface area contributed by atoms with Crippen molar-refractivity contribution in [3.8, 4) is 0 Å². The molecule has 1 aromatic heterocycles. The van der Waals surface area contributed by atoms with Crippen molar-refractivity contribution in [2.24, 2.45) is 0 Å². The van der Waals surface area contributed by atoms with E-state index in [1.807, 2.05) is 4.90 Å². The number of hydrogen-bond acceptors (Lipinski definition) is 4. The third kappa shape index (κ3) is 3.24. The number of hydrogen-bond donors (Lipinski definition) is 2. The van der Waals surface area contributed by atoms with E-state index in [-0.39, 0.29) is 24.8 Å². The fourth-order valence-corrected chi connectivity index (χ4v) is 3.57. The number of nitrogens with zero attached hydrogens (tertiary/aromatic N) is 1. The predicted octanol–water partition coefficient (Wildman–Crippen LogP) is 1.62. The van der Waals surface area contributed by atoms with Gasteiger partial charge in [0.05, 0.1) is 15.9 Å². The normalized spacial score (nSPS) is 25.3. The van der Waals surface area contributed by atoms with E-state index in [1.54, 1.807) is 12.1 Å². The van der Waals surface area contributed by atoms with E-state index >= 15 is 0 Å². The van der Waals surface area contributed by atoms with Gasteiger partial charge in [0.25, 0.3) is 5.91 Å². The van der Waals surface area contributed by atoms with Crippen LogP contribution in [0.3, 0.4) is 0 Å². The molecule has 114 valence electrons. The molecule has 2 saturated heterocycles. The lowest BCUT2D eigenvalue weighted by Crippen LogP contribution is -2.35. The minimum absolute atomic E-state index is 0.0285. The lowest BCUT2D eigenvalue weighted by molar-refractivity contribution is -0.117. The van der Waals surface area contributed by atoms with Gasteiger partial charge in [0.1, 0.15) is 6.17 Å². The highest BCUT2D eigenvalue weighted by molar-refractivity contribution is 7.18. The molecule has 7 heteroatoms. The molecule has 0 radical (unpaired) electrons. The molecule has 3 rings (SSSR count). The summed E-state index contributed by atoms with van der Waals surface area (Å²) in [4.78, 5) is 26.6. The molecular weight excluding hydrogens is 293 g/mol. The standard InChI is InChI=1S/C14H18FN3O2S/c15-9-7-10(16-8-9)13(19)17-12-4-3-11(21-12)14(20)18-5-1-2-6-18/h3-4,9-10,16H,1-2,5-8H2,(H,17,19)/t9-,10-/m0/s1. The minimum Gasteiger partial charge on any atom is -0.338 e. The number of thiophene rings is 1. The van der Waals surface area contributed by atoms with E-state index in [9.17, 15) is 14.0 Å². The predicted molar refractivity (Wildman–Crippen MR) is 79.4 cm³/mol. The maximum absolute atomic E-state index is 13.1. The van der Waals surface area contributed by atoms with Crippen LogP contribution in [0.2, 0.25) is 0 Å². The van der Waals surface area contributed by atoms with E-state index in [1.165, 1.54) is 11.3 Å². The summed E-state index contributed by atoms with van der Waals surface area (Å²) >= 11 is 1.27. The SMILES string of the molecule is O=C(Nc1ccc(C(=O)N2CCCC2)s1)[C@@H]1C[C@H](F)CN1. The highest BCUT2D eigenvalue weighted by atomic mass is 32.1. The minimum atomic E-state index is -0.962. The van der Waals surface area contributed by atoms with Crippen LogP contribution in [0.15, 0.2) is 12.1 Å². The van der Waals surface area contributed by atoms with Crippen molar-refractivity contribution in [3.63, 3.8) is 0 Å². The summed E-state index contributed by atoms with van der Waals surface area (Å²) in [6, 6.07) is 2.98. The van der Waals surface area contributed by atoms with E-state index in [0.717, 1.165) is 25.9 Å². The summed E-state index contributed by atoms with van der Waals surface area (Å²) in [5.41, 5.74) is 0. The average Bonchev–Trinajstić information content (AvgIpc) is 3.18. The molecule has 2 aliphatic heterocycles. The van der Waals surface area contributed by atoms with Gasteiger partial charge in [-0.15, -0.1) is 11.3 Å². The van der Waals surface area contributed by atoms with Crippen LogP contribution in [-0.4, -0.2) is 48.6 Å². The molecule has 0 aliphatic carbocycles. The Hall–Kier alpha value is -1.47. The van der Waals surface area contributed by atoms with Crippen molar-refractivity contribution >= 4 is 28.2 Å². The van der Waals surface area contributed by atoms with E-state index < -0.39 is 12.2 Å². The fraction of sp³-hybridized carbons (Fsp3) is 0.571. The molecule has 2 amide bonds. The zero-order valence-corrected chi connectivity index (χ0v) is 12.4. The van der Waals surface area contributed by atoms with Crippen LogP contribution in [-0.2, 0) is 4.79 Å². The number of halogens is 1. The van der Waals surface area contributed by atoms with Crippen LogP contribution in [0.1, 0.15) is 28.9 Å². The summed E-state index contributed by atoms with van der Waals surface area (Å²) in [5, 5.41) is 6.22. The molecule has 0 spiro atoms. The number of carbonyl (C=O) groups excluding carboxylic acids is 2. The monoisotopic (exact) mass is 311 g/mol. The van der Waals surface area contributed by atoms with Gasteiger partial charge in [-0.2, -0.15) is 0 Å². The Kier molecular flexibility index (Phi) is 4.21. The Morgan fingerprint density at radius 2 is 2.10 bits per heavy atom. The van der Waals surface area contributed by atoms with Crippen molar-refractivity contribution in [2.45, 2.75) is 31.5 Å². The second kappa shape index (κ2) is 6.11. The Morgan fingerprint density at radius 3 is 2.76 bits per heavy atom. The number of carbonyl (C=O) groups is 2. The molecule has 0 saturated carbocycles. The van der Waals surface area contributed by atoms with Gasteiger partial charge in [-0.3, -0.25) is 9.59 Å². The molecule has 2 fully saturated rings. The molecule has 1 aromatic rings. The number of amides is 2. The number of likely N-dealkylation sites (tertiary alicyclic amines) is 1. The van der Waals surface area contributed by atoms with Gasteiger partial charge in [0, 0.05) is 26.1 Å². The first-order valence-electron chi connectivity index (χ1n) is 7.21. The van der Waals surface area contributed by atoms with Gasteiger partial charge in [-0.25, -0.2) is 4.39 Å². The topological polar surface area (TPSA) is 61.4 Å².